The zero-order valence-corrected chi connectivity index (χ0v) is 14.8. The molecule has 2 aromatic carbocycles. The number of benzene rings is 2. The van der Waals surface area contributed by atoms with Gasteiger partial charge in [0.15, 0.2) is 0 Å². The molecule has 0 aliphatic carbocycles. The van der Waals surface area contributed by atoms with Gasteiger partial charge in [0.05, 0.1) is 17.6 Å². The number of nitrogens with zero attached hydrogens (tertiary/aromatic N) is 1. The van der Waals surface area contributed by atoms with Gasteiger partial charge in [0.2, 0.25) is 15.9 Å². The van der Waals surface area contributed by atoms with E-state index in [1.807, 2.05) is 6.92 Å². The highest BCUT2D eigenvalue weighted by molar-refractivity contribution is 7.92. The Balaban J connectivity index is 2.31. The number of aryl methyl sites for hydroxylation is 1. The minimum absolute atomic E-state index is 0.226. The Morgan fingerprint density at radius 1 is 1.12 bits per heavy atom. The minimum atomic E-state index is -3.77. The Labute approximate surface area is 145 Å². The summed E-state index contributed by atoms with van der Waals surface area (Å²) in [5.74, 6) is -2.46. The number of sulfonamides is 1. The van der Waals surface area contributed by atoms with Crippen molar-refractivity contribution in [1.82, 2.24) is 0 Å². The summed E-state index contributed by atoms with van der Waals surface area (Å²) < 4.78 is 51.9. The second-order valence-electron chi connectivity index (χ2n) is 5.68. The molecule has 1 unspecified atom stereocenters. The Morgan fingerprint density at radius 3 is 2.24 bits per heavy atom. The van der Waals surface area contributed by atoms with E-state index in [1.54, 1.807) is 24.3 Å². The van der Waals surface area contributed by atoms with Crippen LogP contribution >= 0.6 is 0 Å². The molecule has 0 fully saturated rings. The summed E-state index contributed by atoms with van der Waals surface area (Å²) in [7, 11) is -3.77. The molecule has 0 saturated carbocycles. The lowest BCUT2D eigenvalue weighted by Gasteiger charge is -2.28. The molecule has 1 N–H and O–H groups in total. The van der Waals surface area contributed by atoms with Gasteiger partial charge < -0.3 is 5.32 Å². The van der Waals surface area contributed by atoms with Gasteiger partial charge in [-0.2, -0.15) is 0 Å². The molecule has 0 bridgehead atoms. The van der Waals surface area contributed by atoms with Crippen LogP contribution in [0.3, 0.4) is 0 Å². The molecule has 2 rings (SSSR count). The van der Waals surface area contributed by atoms with Crippen molar-refractivity contribution in [2.45, 2.75) is 19.9 Å². The third-order valence-corrected chi connectivity index (χ3v) is 4.81. The molecule has 0 aliphatic rings. The number of carbonyl (C=O) groups is 1. The van der Waals surface area contributed by atoms with Gasteiger partial charge in [0.1, 0.15) is 17.7 Å². The van der Waals surface area contributed by atoms with Crippen LogP contribution in [0.2, 0.25) is 0 Å². The van der Waals surface area contributed by atoms with Crippen molar-refractivity contribution < 1.29 is 22.0 Å². The molecule has 0 saturated heterocycles. The van der Waals surface area contributed by atoms with E-state index >= 15 is 0 Å². The monoisotopic (exact) mass is 368 g/mol. The second-order valence-corrected chi connectivity index (χ2v) is 7.54. The summed E-state index contributed by atoms with van der Waals surface area (Å²) in [6, 6.07) is 8.17. The van der Waals surface area contributed by atoms with Crippen LogP contribution < -0.4 is 9.62 Å². The molecule has 0 aromatic heterocycles. The van der Waals surface area contributed by atoms with Crippen LogP contribution in [0.4, 0.5) is 20.2 Å². The van der Waals surface area contributed by atoms with Crippen LogP contribution in [0.15, 0.2) is 42.5 Å². The minimum Gasteiger partial charge on any atom is -0.322 e. The SMILES string of the molecule is Cc1ccc(N(C(C)C(=O)Nc2ccc(F)cc2F)S(C)(=O)=O)cc1. The summed E-state index contributed by atoms with van der Waals surface area (Å²) >= 11 is 0. The highest BCUT2D eigenvalue weighted by Gasteiger charge is 2.29. The summed E-state index contributed by atoms with van der Waals surface area (Å²) in [5, 5.41) is 2.28. The van der Waals surface area contributed by atoms with Crippen molar-refractivity contribution in [3.8, 4) is 0 Å². The average molecular weight is 368 g/mol. The van der Waals surface area contributed by atoms with E-state index < -0.39 is 33.6 Å². The Bertz CT molecular complexity index is 883. The number of halogens is 2. The number of rotatable bonds is 5. The first-order chi connectivity index (χ1) is 11.6. The molecular weight excluding hydrogens is 350 g/mol. The fourth-order valence-corrected chi connectivity index (χ4v) is 3.50. The Kier molecular flexibility index (Phi) is 5.42. The standard InChI is InChI=1S/C17H18F2N2O3S/c1-11-4-7-14(8-5-11)21(25(3,23)24)12(2)17(22)20-16-9-6-13(18)10-15(16)19/h4-10,12H,1-3H3,(H,20,22). The largest absolute Gasteiger partial charge is 0.322 e. The predicted molar refractivity (Wildman–Crippen MR) is 93.0 cm³/mol. The molecule has 25 heavy (non-hydrogen) atoms. The summed E-state index contributed by atoms with van der Waals surface area (Å²) in [6.07, 6.45) is 0.981. The first kappa shape index (κ1) is 18.9. The quantitative estimate of drug-likeness (QED) is 0.882. The first-order valence-electron chi connectivity index (χ1n) is 7.41. The normalized spacial score (nSPS) is 12.5. The summed E-state index contributed by atoms with van der Waals surface area (Å²) in [4.78, 5) is 12.4. The second kappa shape index (κ2) is 7.18. The molecule has 2 aromatic rings. The molecule has 134 valence electrons. The van der Waals surface area contributed by atoms with E-state index in [2.05, 4.69) is 5.32 Å². The van der Waals surface area contributed by atoms with Crippen LogP contribution in [0, 0.1) is 18.6 Å². The van der Waals surface area contributed by atoms with Crippen molar-refractivity contribution in [2.75, 3.05) is 15.9 Å². The first-order valence-corrected chi connectivity index (χ1v) is 9.26. The van der Waals surface area contributed by atoms with Crippen molar-refractivity contribution >= 4 is 27.3 Å². The number of anilines is 2. The van der Waals surface area contributed by atoms with Crippen molar-refractivity contribution in [3.63, 3.8) is 0 Å². The number of hydrogen-bond acceptors (Lipinski definition) is 3. The van der Waals surface area contributed by atoms with Crippen LogP contribution in [0.5, 0.6) is 0 Å². The van der Waals surface area contributed by atoms with Gasteiger partial charge in [-0.1, -0.05) is 17.7 Å². The smallest absolute Gasteiger partial charge is 0.248 e. The molecule has 0 aliphatic heterocycles. The van der Waals surface area contributed by atoms with Crippen LogP contribution in [0.25, 0.3) is 0 Å². The number of amides is 1. The number of hydrogen-bond donors (Lipinski definition) is 1. The van der Waals surface area contributed by atoms with E-state index in [9.17, 15) is 22.0 Å². The zero-order chi connectivity index (χ0) is 18.8. The van der Waals surface area contributed by atoms with E-state index in [1.165, 1.54) is 6.92 Å². The Hall–Kier alpha value is -2.48. The van der Waals surface area contributed by atoms with E-state index in [-0.39, 0.29) is 5.69 Å². The third kappa shape index (κ3) is 4.54. The fourth-order valence-electron chi connectivity index (χ4n) is 2.33. The van der Waals surface area contributed by atoms with Crippen molar-refractivity contribution in [1.29, 1.82) is 0 Å². The third-order valence-electron chi connectivity index (χ3n) is 3.57. The van der Waals surface area contributed by atoms with Crippen molar-refractivity contribution in [2.24, 2.45) is 0 Å². The lowest BCUT2D eigenvalue weighted by molar-refractivity contribution is -0.116. The molecule has 8 heteroatoms. The van der Waals surface area contributed by atoms with Gasteiger partial charge in [-0.15, -0.1) is 0 Å². The molecule has 1 amide bonds. The predicted octanol–water partition coefficient (Wildman–Crippen LogP) is 3.07. The van der Waals surface area contributed by atoms with Gasteiger partial charge in [-0.3, -0.25) is 9.10 Å². The van der Waals surface area contributed by atoms with Crippen LogP contribution in [-0.2, 0) is 14.8 Å². The molecule has 5 nitrogen and oxygen atoms in total. The molecular formula is C17H18F2N2O3S. The summed E-state index contributed by atoms with van der Waals surface area (Å²) in [6.45, 7) is 3.24. The fraction of sp³-hybridized carbons (Fsp3) is 0.235. The van der Waals surface area contributed by atoms with E-state index in [0.29, 0.717) is 11.8 Å². The Morgan fingerprint density at radius 2 is 1.72 bits per heavy atom. The molecule has 1 atom stereocenters. The molecule has 0 heterocycles. The lowest BCUT2D eigenvalue weighted by atomic mass is 10.2. The zero-order valence-electron chi connectivity index (χ0n) is 14.0. The van der Waals surface area contributed by atoms with Gasteiger partial charge >= 0.3 is 0 Å². The van der Waals surface area contributed by atoms with Crippen LogP contribution in [-0.4, -0.2) is 26.6 Å². The van der Waals surface area contributed by atoms with E-state index in [4.69, 9.17) is 0 Å². The lowest BCUT2D eigenvalue weighted by Crippen LogP contribution is -2.45. The maximum absolute atomic E-state index is 13.7. The number of carbonyl (C=O) groups excluding carboxylic acids is 1. The molecule has 0 spiro atoms. The summed E-state index contributed by atoms with van der Waals surface area (Å²) in [5.41, 5.74) is 1.02. The maximum atomic E-state index is 13.7. The molecule has 0 radical (unpaired) electrons. The van der Waals surface area contributed by atoms with Gasteiger partial charge in [-0.05, 0) is 38.1 Å². The highest BCUT2D eigenvalue weighted by atomic mass is 32.2. The van der Waals surface area contributed by atoms with Crippen molar-refractivity contribution in [3.05, 3.63) is 59.7 Å². The van der Waals surface area contributed by atoms with Gasteiger partial charge in [0, 0.05) is 6.07 Å². The van der Waals surface area contributed by atoms with Gasteiger partial charge in [-0.25, -0.2) is 17.2 Å². The maximum Gasteiger partial charge on any atom is 0.248 e. The topological polar surface area (TPSA) is 66.5 Å². The van der Waals surface area contributed by atoms with Gasteiger partial charge in [0.25, 0.3) is 0 Å². The highest BCUT2D eigenvalue weighted by Crippen LogP contribution is 2.23. The number of nitrogens with one attached hydrogen (secondary N) is 1. The van der Waals surface area contributed by atoms with Crippen LogP contribution in [0.1, 0.15) is 12.5 Å². The van der Waals surface area contributed by atoms with E-state index in [0.717, 1.165) is 28.3 Å². The average Bonchev–Trinajstić information content (AvgIpc) is 2.50.